The van der Waals surface area contributed by atoms with Crippen LogP contribution in [0.2, 0.25) is 10.0 Å². The lowest BCUT2D eigenvalue weighted by atomic mass is 9.87. The van der Waals surface area contributed by atoms with Crippen LogP contribution in [0.3, 0.4) is 0 Å². The number of amides is 1. The quantitative estimate of drug-likeness (QED) is 0.300. The average molecular weight is 541 g/mol. The molecule has 4 nitrogen and oxygen atoms in total. The van der Waals surface area contributed by atoms with Crippen molar-refractivity contribution in [1.82, 2.24) is 4.90 Å². The number of phenolic OH excluding ortho intramolecular Hbond substituents is 1. The maximum Gasteiger partial charge on any atom is 0.226 e. The van der Waals surface area contributed by atoms with Crippen LogP contribution in [0.1, 0.15) is 47.8 Å². The molecule has 0 bridgehead atoms. The standard InChI is InChI=1S/C31H36Cl2N2O2/c1-34(31(37)20-23-7-6-10-28(36)19-23)22-27(26-11-12-29(32)30(33)21-26)15-18-35(2)16-13-25(14-17-35)24-8-4-3-5-9-24/h3-12,19,21,25,27H,13-18,20,22H2,1-2H3/p+1. The summed E-state index contributed by atoms with van der Waals surface area (Å²) in [4.78, 5) is 14.8. The van der Waals surface area contributed by atoms with Crippen molar-refractivity contribution in [2.75, 3.05) is 40.3 Å². The first-order valence-electron chi connectivity index (χ1n) is 13.1. The van der Waals surface area contributed by atoms with Crippen LogP contribution in [0.25, 0.3) is 0 Å². The fourth-order valence-corrected chi connectivity index (χ4v) is 5.79. The molecule has 6 heteroatoms. The molecule has 37 heavy (non-hydrogen) atoms. The summed E-state index contributed by atoms with van der Waals surface area (Å²) < 4.78 is 1.04. The highest BCUT2D eigenvalue weighted by Gasteiger charge is 2.32. The van der Waals surface area contributed by atoms with Gasteiger partial charge < -0.3 is 14.5 Å². The van der Waals surface area contributed by atoms with Gasteiger partial charge in [-0.3, -0.25) is 4.79 Å². The van der Waals surface area contributed by atoms with Crippen LogP contribution in [-0.2, 0) is 11.2 Å². The predicted octanol–water partition coefficient (Wildman–Crippen LogP) is 6.90. The third-order valence-corrected chi connectivity index (χ3v) is 8.66. The topological polar surface area (TPSA) is 40.5 Å². The summed E-state index contributed by atoms with van der Waals surface area (Å²) in [6.45, 7) is 3.95. The number of rotatable bonds is 9. The van der Waals surface area contributed by atoms with E-state index in [-0.39, 0.29) is 24.0 Å². The number of benzene rings is 3. The van der Waals surface area contributed by atoms with Crippen molar-refractivity contribution in [1.29, 1.82) is 0 Å². The van der Waals surface area contributed by atoms with Gasteiger partial charge in [-0.1, -0.05) is 71.7 Å². The van der Waals surface area contributed by atoms with Crippen molar-refractivity contribution >= 4 is 29.1 Å². The highest BCUT2D eigenvalue weighted by Crippen LogP contribution is 2.33. The zero-order valence-corrected chi connectivity index (χ0v) is 23.3. The summed E-state index contributed by atoms with van der Waals surface area (Å²) in [5, 5.41) is 10.8. The number of nitrogens with zero attached hydrogens (tertiary/aromatic N) is 2. The first-order valence-corrected chi connectivity index (χ1v) is 13.8. The van der Waals surface area contributed by atoms with Crippen molar-refractivity contribution in [2.45, 2.75) is 37.5 Å². The van der Waals surface area contributed by atoms with E-state index in [4.69, 9.17) is 23.2 Å². The Balaban J connectivity index is 1.42. The fourth-order valence-electron chi connectivity index (χ4n) is 5.48. The van der Waals surface area contributed by atoms with Gasteiger partial charge in [0.25, 0.3) is 0 Å². The average Bonchev–Trinajstić information content (AvgIpc) is 2.89. The van der Waals surface area contributed by atoms with Gasteiger partial charge in [-0.15, -0.1) is 0 Å². The van der Waals surface area contributed by atoms with E-state index >= 15 is 0 Å². The normalized spacial score (nSPS) is 20.4. The van der Waals surface area contributed by atoms with Crippen LogP contribution in [0, 0.1) is 0 Å². The van der Waals surface area contributed by atoms with E-state index in [1.807, 2.05) is 31.3 Å². The van der Waals surface area contributed by atoms with Crippen molar-refractivity contribution in [3.05, 3.63) is 99.5 Å². The number of aromatic hydroxyl groups is 1. The Labute approximate surface area is 231 Å². The minimum absolute atomic E-state index is 0.0275. The molecule has 3 aromatic carbocycles. The molecule has 1 aliphatic heterocycles. The Kier molecular flexibility index (Phi) is 9.17. The third kappa shape index (κ3) is 7.50. The van der Waals surface area contributed by atoms with E-state index in [0.717, 1.165) is 41.7 Å². The van der Waals surface area contributed by atoms with Gasteiger partial charge in [0.2, 0.25) is 5.91 Å². The number of phenols is 1. The second kappa shape index (κ2) is 12.3. The molecule has 1 N–H and O–H groups in total. The molecule has 0 aliphatic carbocycles. The van der Waals surface area contributed by atoms with Gasteiger partial charge in [0.1, 0.15) is 5.75 Å². The number of piperidine rings is 1. The van der Waals surface area contributed by atoms with E-state index in [2.05, 4.69) is 37.4 Å². The molecule has 1 unspecified atom stereocenters. The summed E-state index contributed by atoms with van der Waals surface area (Å²) in [7, 11) is 4.22. The number of halogens is 2. The second-order valence-corrected chi connectivity index (χ2v) is 11.6. The summed E-state index contributed by atoms with van der Waals surface area (Å²) >= 11 is 12.6. The second-order valence-electron chi connectivity index (χ2n) is 10.8. The third-order valence-electron chi connectivity index (χ3n) is 7.92. The van der Waals surface area contributed by atoms with Crippen molar-refractivity contribution in [3.8, 4) is 5.75 Å². The number of quaternary nitrogens is 1. The SMILES string of the molecule is CN(CC(CC[N+]1(C)CCC(c2ccccc2)CC1)c1ccc(Cl)c(Cl)c1)C(=O)Cc1cccc(O)c1. The highest BCUT2D eigenvalue weighted by atomic mass is 35.5. The Morgan fingerprint density at radius 2 is 1.73 bits per heavy atom. The minimum Gasteiger partial charge on any atom is -0.508 e. The van der Waals surface area contributed by atoms with Gasteiger partial charge in [0.15, 0.2) is 0 Å². The van der Waals surface area contributed by atoms with Crippen LogP contribution in [0.15, 0.2) is 72.8 Å². The molecule has 1 atom stereocenters. The van der Waals surface area contributed by atoms with E-state index in [0.29, 0.717) is 22.5 Å². The van der Waals surface area contributed by atoms with Crippen LogP contribution >= 0.6 is 23.2 Å². The lowest BCUT2D eigenvalue weighted by Gasteiger charge is -2.41. The predicted molar refractivity (Wildman–Crippen MR) is 152 cm³/mol. The Morgan fingerprint density at radius 1 is 1.00 bits per heavy atom. The Hall–Kier alpha value is -2.53. The number of likely N-dealkylation sites (tertiary alicyclic amines) is 1. The Morgan fingerprint density at radius 3 is 2.41 bits per heavy atom. The Bertz CT molecular complexity index is 1190. The van der Waals surface area contributed by atoms with E-state index in [1.54, 1.807) is 23.1 Å². The van der Waals surface area contributed by atoms with Gasteiger partial charge in [-0.05, 0) is 46.9 Å². The summed E-state index contributed by atoms with van der Waals surface area (Å²) in [5.74, 6) is 0.989. The zero-order chi connectivity index (χ0) is 26.4. The fraction of sp³-hybridized carbons (Fsp3) is 0.387. The van der Waals surface area contributed by atoms with Gasteiger partial charge in [0.05, 0.1) is 43.1 Å². The van der Waals surface area contributed by atoms with Crippen molar-refractivity contribution < 1.29 is 14.4 Å². The maximum absolute atomic E-state index is 13.0. The first-order chi connectivity index (χ1) is 17.7. The number of likely N-dealkylation sites (N-methyl/N-ethyl adjacent to an activating group) is 1. The molecule has 1 saturated heterocycles. The van der Waals surface area contributed by atoms with Gasteiger partial charge in [-0.25, -0.2) is 0 Å². The number of hydrogen-bond donors (Lipinski definition) is 1. The number of carbonyl (C=O) groups is 1. The number of carbonyl (C=O) groups excluding carboxylic acids is 1. The largest absolute Gasteiger partial charge is 0.508 e. The molecule has 0 aromatic heterocycles. The highest BCUT2D eigenvalue weighted by molar-refractivity contribution is 6.42. The van der Waals surface area contributed by atoms with Crippen molar-refractivity contribution in [2.24, 2.45) is 0 Å². The summed E-state index contributed by atoms with van der Waals surface area (Å²) in [5.41, 5.74) is 3.37. The van der Waals surface area contributed by atoms with Crippen LogP contribution in [-0.4, -0.2) is 60.7 Å². The van der Waals surface area contributed by atoms with E-state index in [1.165, 1.54) is 18.4 Å². The molecule has 0 spiro atoms. The van der Waals surface area contributed by atoms with Crippen LogP contribution < -0.4 is 0 Å². The smallest absolute Gasteiger partial charge is 0.226 e. The first kappa shape index (κ1) is 27.5. The summed E-state index contributed by atoms with van der Waals surface area (Å²) in [6.07, 6.45) is 3.60. The minimum atomic E-state index is 0.0275. The van der Waals surface area contributed by atoms with Gasteiger partial charge in [0, 0.05) is 38.8 Å². The summed E-state index contributed by atoms with van der Waals surface area (Å²) in [6, 6.07) is 23.6. The molecular formula is C31H37Cl2N2O2+. The molecule has 1 amide bonds. The number of hydrogen-bond acceptors (Lipinski definition) is 2. The molecule has 196 valence electrons. The monoisotopic (exact) mass is 539 g/mol. The van der Waals surface area contributed by atoms with E-state index < -0.39 is 0 Å². The molecule has 1 aliphatic rings. The van der Waals surface area contributed by atoms with Crippen LogP contribution in [0.4, 0.5) is 0 Å². The van der Waals surface area contributed by atoms with Gasteiger partial charge in [-0.2, -0.15) is 0 Å². The molecule has 0 saturated carbocycles. The molecule has 4 rings (SSSR count). The van der Waals surface area contributed by atoms with Crippen LogP contribution in [0.5, 0.6) is 5.75 Å². The van der Waals surface area contributed by atoms with Crippen molar-refractivity contribution in [3.63, 3.8) is 0 Å². The molecular weight excluding hydrogens is 503 g/mol. The van der Waals surface area contributed by atoms with E-state index in [9.17, 15) is 9.90 Å². The lowest BCUT2D eigenvalue weighted by Crippen LogP contribution is -2.50. The molecule has 0 radical (unpaired) electrons. The molecule has 1 fully saturated rings. The van der Waals surface area contributed by atoms with Gasteiger partial charge >= 0.3 is 0 Å². The maximum atomic E-state index is 13.0. The zero-order valence-electron chi connectivity index (χ0n) is 21.7. The lowest BCUT2D eigenvalue weighted by molar-refractivity contribution is -0.914. The molecule has 3 aromatic rings. The molecule has 1 heterocycles.